The molecule has 1 unspecified atom stereocenters. The van der Waals surface area contributed by atoms with E-state index in [0.717, 1.165) is 64.3 Å². The predicted octanol–water partition coefficient (Wildman–Crippen LogP) is 23.3. The molecule has 0 bridgehead atoms. The van der Waals surface area contributed by atoms with Crippen molar-refractivity contribution in [3.63, 3.8) is 0 Å². The second-order valence-corrected chi connectivity index (χ2v) is 29.4. The van der Waals surface area contributed by atoms with E-state index in [-0.39, 0.29) is 0 Å². The zero-order chi connectivity index (χ0) is 68.7. The van der Waals surface area contributed by atoms with Crippen molar-refractivity contribution in [3.8, 4) is 11.1 Å². The highest BCUT2D eigenvalue weighted by molar-refractivity contribution is 6.13. The molecule has 0 saturated heterocycles. The van der Waals surface area contributed by atoms with E-state index in [1.807, 2.05) is 0 Å². The molecule has 10 aromatic carbocycles. The smallest absolute Gasteiger partial charge is 0.0449 e. The number of fused-ring (bicyclic) bond motifs is 8. The average Bonchev–Trinajstić information content (AvgIpc) is 0.869. The van der Waals surface area contributed by atoms with Gasteiger partial charge >= 0.3 is 0 Å². The van der Waals surface area contributed by atoms with Gasteiger partial charge in [-0.15, -0.1) is 0 Å². The van der Waals surface area contributed by atoms with Crippen molar-refractivity contribution in [2.24, 2.45) is 11.3 Å². The van der Waals surface area contributed by atoms with Gasteiger partial charge in [0.2, 0.25) is 0 Å². The molecule has 0 amide bonds. The molecule has 0 aromatic heterocycles. The summed E-state index contributed by atoms with van der Waals surface area (Å²) in [6.07, 6.45) is 16.1. The number of aryl methyl sites for hydroxylation is 4. The van der Waals surface area contributed by atoms with Crippen molar-refractivity contribution >= 4 is 61.4 Å². The highest BCUT2D eigenvalue weighted by Gasteiger charge is 2.34. The summed E-state index contributed by atoms with van der Waals surface area (Å²) in [6.45, 7) is 33.2. The summed E-state index contributed by atoms with van der Waals surface area (Å²) < 4.78 is 0. The fourth-order valence-corrected chi connectivity index (χ4v) is 16.1. The topological polar surface area (TPSA) is 19.4 Å². The summed E-state index contributed by atoms with van der Waals surface area (Å²) >= 11 is 0. The summed E-state index contributed by atoms with van der Waals surface area (Å²) in [5.41, 5.74) is 27.1. The van der Waals surface area contributed by atoms with Crippen LogP contribution < -0.4 is 19.6 Å². The first kappa shape index (κ1) is 71.1. The third-order valence-corrected chi connectivity index (χ3v) is 21.7. The molecule has 1 fully saturated rings. The molecule has 3 aliphatic heterocycles. The minimum atomic E-state index is 0.550. The third kappa shape index (κ3) is 17.1. The van der Waals surface area contributed by atoms with Crippen LogP contribution in [0.5, 0.6) is 0 Å². The Morgan fingerprint density at radius 3 is 1.39 bits per heavy atom. The van der Waals surface area contributed by atoms with Gasteiger partial charge in [0.15, 0.2) is 0 Å². The Morgan fingerprint density at radius 1 is 0.418 bits per heavy atom. The van der Waals surface area contributed by atoms with Gasteiger partial charge in [-0.25, -0.2) is 0 Å². The van der Waals surface area contributed by atoms with Gasteiger partial charge < -0.3 is 29.4 Å². The Balaban J connectivity index is 0.000000132. The molecule has 512 valence electrons. The van der Waals surface area contributed by atoms with Crippen LogP contribution in [-0.2, 0) is 25.7 Å². The van der Waals surface area contributed by atoms with Crippen molar-refractivity contribution in [1.82, 2.24) is 9.80 Å². The molecule has 6 heteroatoms. The van der Waals surface area contributed by atoms with E-state index >= 15 is 0 Å². The molecule has 14 rings (SSSR count). The Labute approximate surface area is 591 Å². The zero-order valence-corrected chi connectivity index (χ0v) is 61.9. The molecule has 0 N–H and O–H groups in total. The van der Waals surface area contributed by atoms with E-state index < -0.39 is 0 Å². The van der Waals surface area contributed by atoms with E-state index in [9.17, 15) is 0 Å². The van der Waals surface area contributed by atoms with Crippen LogP contribution in [0.15, 0.2) is 200 Å². The van der Waals surface area contributed by atoms with Gasteiger partial charge in [0, 0.05) is 92.8 Å². The highest BCUT2D eigenvalue weighted by Crippen LogP contribution is 2.47. The maximum atomic E-state index is 2.62. The Hall–Kier alpha value is -8.16. The molecular formula is C92H114N6. The van der Waals surface area contributed by atoms with Gasteiger partial charge in [-0.2, -0.15) is 0 Å². The standard InChI is InChI=1S/C24H34N2.C24H31N.C23H21N.C21H28N2/c1-4-14-25(15-5-2)16-9-17-26-23-11-8-7-10-21(23)19-22-13-12-20(6-3)18-24(22)26;1-18-12-13-20-17-19-8-4-5-11-22(19)25(23(20)16-18)15-7-10-21-9-6-14-24(21,2)3;1-16-8-9-19-15-18-6-4-5-7-21(18)23(22(19)14-16)17-10-12-20(13-11-17)24(2)3;1-4-22(5-2)13-8-14-23-20-10-7-6-9-18(20)16-19-12-11-17(3)15-21(19)23/h7-8,10-13,18H,4-6,9,14-17,19H2,1-3H3;4-5,8,11-13,16,21H,6-7,9-10,14-15,17H2,1-3H3;4-15H,1-3H3;6-7,9-12,15H,4-5,8,13-14,16H2,1-3H3. The zero-order valence-electron chi connectivity index (χ0n) is 61.9. The van der Waals surface area contributed by atoms with Gasteiger partial charge in [0.1, 0.15) is 0 Å². The van der Waals surface area contributed by atoms with Crippen LogP contribution in [0.3, 0.4) is 0 Å². The summed E-state index contributed by atoms with van der Waals surface area (Å²) in [5.74, 6) is 0.907. The van der Waals surface area contributed by atoms with Gasteiger partial charge in [-0.05, 0) is 267 Å². The van der Waals surface area contributed by atoms with Gasteiger partial charge in [0.05, 0.1) is 0 Å². The fourth-order valence-electron chi connectivity index (χ4n) is 16.1. The first-order valence-corrected chi connectivity index (χ1v) is 37.7. The lowest BCUT2D eigenvalue weighted by atomic mass is 9.79. The lowest BCUT2D eigenvalue weighted by Gasteiger charge is -2.34. The number of hydrogen-bond acceptors (Lipinski definition) is 6. The second kappa shape index (κ2) is 33.6. The summed E-state index contributed by atoms with van der Waals surface area (Å²) in [5, 5.41) is 5.23. The van der Waals surface area contributed by atoms with Crippen molar-refractivity contribution in [2.75, 3.05) is 92.6 Å². The molecule has 6 nitrogen and oxygen atoms in total. The Bertz CT molecular complexity index is 4220. The molecule has 98 heavy (non-hydrogen) atoms. The molecule has 1 atom stereocenters. The van der Waals surface area contributed by atoms with Crippen LogP contribution in [0.2, 0.25) is 0 Å². The SMILES string of the molecule is CCCN(CCC)CCCN1c2ccccc2Cc2ccc(CC)cc21.CCN(CC)CCCN1c2ccccc2Cc2ccc(C)cc21.Cc1ccc2c(c1)N(CCCC1CCCC1(C)C)c1ccccc1C2.Cc1ccc2cc3ccccc3c(-c3ccc(N(C)C)cc3)c2c1. The lowest BCUT2D eigenvalue weighted by molar-refractivity contribution is 0.242. The van der Waals surface area contributed by atoms with Crippen LogP contribution in [0.4, 0.5) is 39.8 Å². The Morgan fingerprint density at radius 2 is 0.878 bits per heavy atom. The summed E-state index contributed by atoms with van der Waals surface area (Å²) in [7, 11) is 4.15. The van der Waals surface area contributed by atoms with Crippen LogP contribution in [-0.4, -0.2) is 82.8 Å². The minimum Gasteiger partial charge on any atom is -0.378 e. The first-order valence-electron chi connectivity index (χ1n) is 37.7. The summed E-state index contributed by atoms with van der Waals surface area (Å²) in [4.78, 5) is 15.0. The van der Waals surface area contributed by atoms with Crippen LogP contribution in [0.1, 0.15) is 162 Å². The number of hydrogen-bond donors (Lipinski definition) is 0. The molecule has 4 aliphatic rings. The third-order valence-electron chi connectivity index (χ3n) is 21.7. The van der Waals surface area contributed by atoms with Crippen LogP contribution in [0.25, 0.3) is 32.7 Å². The highest BCUT2D eigenvalue weighted by atomic mass is 15.2. The molecular weight excluding hydrogens is 1190 g/mol. The van der Waals surface area contributed by atoms with E-state index in [1.165, 1.54) is 212 Å². The number of para-hydroxylation sites is 3. The van der Waals surface area contributed by atoms with Crippen molar-refractivity contribution in [2.45, 2.75) is 153 Å². The second-order valence-electron chi connectivity index (χ2n) is 29.4. The monoisotopic (exact) mass is 1300 g/mol. The largest absolute Gasteiger partial charge is 0.378 e. The van der Waals surface area contributed by atoms with E-state index in [1.54, 1.807) is 0 Å². The maximum absolute atomic E-state index is 2.62. The molecule has 3 heterocycles. The van der Waals surface area contributed by atoms with Gasteiger partial charge in [-0.1, -0.05) is 206 Å². The molecule has 10 aromatic rings. The Kier molecular flexibility index (Phi) is 24.4. The molecule has 1 saturated carbocycles. The van der Waals surface area contributed by atoms with Gasteiger partial charge in [-0.3, -0.25) is 0 Å². The average molecular weight is 1300 g/mol. The molecule has 0 spiro atoms. The molecule has 1 aliphatic carbocycles. The van der Waals surface area contributed by atoms with E-state index in [0.29, 0.717) is 5.41 Å². The minimum absolute atomic E-state index is 0.550. The lowest BCUT2D eigenvalue weighted by Crippen LogP contribution is -2.31. The van der Waals surface area contributed by atoms with Crippen molar-refractivity contribution in [1.29, 1.82) is 0 Å². The van der Waals surface area contributed by atoms with E-state index in [4.69, 9.17) is 0 Å². The van der Waals surface area contributed by atoms with Gasteiger partial charge in [0.25, 0.3) is 0 Å². The number of anilines is 7. The summed E-state index contributed by atoms with van der Waals surface area (Å²) in [6, 6.07) is 74.2. The normalized spacial score (nSPS) is 14.6. The van der Waals surface area contributed by atoms with E-state index in [2.05, 4.69) is 313 Å². The van der Waals surface area contributed by atoms with Crippen molar-refractivity contribution < 1.29 is 0 Å². The maximum Gasteiger partial charge on any atom is 0.0449 e. The fraction of sp³-hybridized carbons (Fsp3) is 0.391. The molecule has 0 radical (unpaired) electrons. The van der Waals surface area contributed by atoms with Crippen LogP contribution >= 0.6 is 0 Å². The quantitative estimate of drug-likeness (QED) is 0.0663. The number of nitrogens with zero attached hydrogens (tertiary/aromatic N) is 6. The predicted molar refractivity (Wildman–Crippen MR) is 427 cm³/mol. The van der Waals surface area contributed by atoms with Crippen LogP contribution in [0, 0.1) is 32.1 Å². The number of benzene rings is 10. The first-order chi connectivity index (χ1) is 47.7. The van der Waals surface area contributed by atoms with Crippen molar-refractivity contribution in [3.05, 3.63) is 256 Å². The number of rotatable bonds is 21.